The Kier molecular flexibility index (Phi) is 16.4. The van der Waals surface area contributed by atoms with Gasteiger partial charge in [-0.05, 0) is 90.1 Å². The Morgan fingerprint density at radius 2 is 1.75 bits per heavy atom. The number of benzene rings is 4. The molecule has 7 rings (SSSR count). The first-order valence-corrected chi connectivity index (χ1v) is 23.0. The predicted molar refractivity (Wildman–Crippen MR) is 247 cm³/mol. The van der Waals surface area contributed by atoms with Crippen molar-refractivity contribution in [1.82, 2.24) is 10.2 Å². The summed E-state index contributed by atoms with van der Waals surface area (Å²) >= 11 is 6.16. The quantitative estimate of drug-likeness (QED) is 0.0322. The molecule has 1 fully saturated rings. The summed E-state index contributed by atoms with van der Waals surface area (Å²) in [4.78, 5) is 35.6. The summed E-state index contributed by atoms with van der Waals surface area (Å²) in [6.07, 6.45) is 7.29. The second kappa shape index (κ2) is 22.5. The molecule has 64 heavy (non-hydrogen) atoms. The maximum Gasteiger partial charge on any atom is 0.412 e. The molecule has 3 N–H and O–H groups in total. The van der Waals surface area contributed by atoms with Crippen molar-refractivity contribution in [3.05, 3.63) is 132 Å². The van der Waals surface area contributed by atoms with E-state index in [1.54, 1.807) is 17.0 Å². The SMILES string of the molecule is C=CCOC12Oc3ccc(OC(=O)NCC)cc3C3C(CCCCO)C(CCCCO)C=C(C(=NOCc4ccccc4)CC1N(Cc1cccc4ccccc14)C(=O)OCCCl)C32. The Balaban J connectivity index is 1.47. The average Bonchev–Trinajstić information content (AvgIpc) is 3.31. The highest BCUT2D eigenvalue weighted by atomic mass is 35.5. The van der Waals surface area contributed by atoms with Gasteiger partial charge < -0.3 is 39.3 Å². The normalized spacial score (nSPS) is 22.7. The van der Waals surface area contributed by atoms with E-state index in [4.69, 9.17) is 40.5 Å². The van der Waals surface area contributed by atoms with Crippen LogP contribution in [0.1, 0.15) is 74.5 Å². The molecule has 2 aliphatic carbocycles. The van der Waals surface area contributed by atoms with Crippen LogP contribution in [0.3, 0.4) is 0 Å². The second-order valence-electron chi connectivity index (χ2n) is 16.5. The van der Waals surface area contributed by atoms with Gasteiger partial charge in [-0.15, -0.1) is 18.2 Å². The van der Waals surface area contributed by atoms with Crippen molar-refractivity contribution in [2.75, 3.05) is 38.9 Å². The van der Waals surface area contributed by atoms with Crippen LogP contribution in [0.2, 0.25) is 0 Å². The molecule has 0 saturated heterocycles. The van der Waals surface area contributed by atoms with Crippen molar-refractivity contribution in [2.45, 2.75) is 82.8 Å². The first-order valence-electron chi connectivity index (χ1n) is 22.5. The highest BCUT2D eigenvalue weighted by Crippen LogP contribution is 2.62. The van der Waals surface area contributed by atoms with E-state index in [1.165, 1.54) is 0 Å². The van der Waals surface area contributed by atoms with Crippen LogP contribution in [-0.4, -0.2) is 83.7 Å². The third kappa shape index (κ3) is 10.4. The molecule has 0 aromatic heterocycles. The maximum absolute atomic E-state index is 14.8. The molecule has 4 aromatic carbocycles. The number of aliphatic hydroxyl groups is 2. The van der Waals surface area contributed by atoms with Gasteiger partial charge in [0, 0.05) is 37.7 Å². The average molecular weight is 895 g/mol. The lowest BCUT2D eigenvalue weighted by molar-refractivity contribution is -0.256. The zero-order chi connectivity index (χ0) is 44.9. The Bertz CT molecular complexity index is 2270. The van der Waals surface area contributed by atoms with Gasteiger partial charge in [0.2, 0.25) is 5.79 Å². The van der Waals surface area contributed by atoms with Crippen molar-refractivity contribution in [3.8, 4) is 11.5 Å². The van der Waals surface area contributed by atoms with Gasteiger partial charge in [-0.3, -0.25) is 4.90 Å². The molecule has 0 bridgehead atoms. The summed E-state index contributed by atoms with van der Waals surface area (Å²) in [5.41, 5.74) is 4.19. The standard InChI is InChI=1S/C51H60ClN3O9/c1-3-28-61-51-46(55(50(59)60-29-25-52)33-38-20-14-19-36-17-8-9-21-40(36)38)32-44(54-62-34-35-15-6-5-7-16-35)42-30-37(18-10-12-26-56)41(22-11-13-27-57)47(48(42)51)43-31-39(23-24-45(43)64-51)63-49(58)53-4-2/h3,5-9,14-17,19-21,23-24,30-31,37,41,46-48,56-57H,1,4,10-13,18,22,25-29,32-34H2,2H3,(H,53,58). The molecular formula is C51H60ClN3O9. The van der Waals surface area contributed by atoms with E-state index in [9.17, 15) is 19.8 Å². The number of hydrogen-bond acceptors (Lipinski definition) is 10. The highest BCUT2D eigenvalue weighted by molar-refractivity contribution is 6.18. The Hall–Kier alpha value is -5.40. The highest BCUT2D eigenvalue weighted by Gasteiger charge is 2.65. The summed E-state index contributed by atoms with van der Waals surface area (Å²) in [7, 11) is 0. The minimum atomic E-state index is -1.53. The second-order valence-corrected chi connectivity index (χ2v) is 16.9. The fourth-order valence-corrected chi connectivity index (χ4v) is 9.96. The fourth-order valence-electron chi connectivity index (χ4n) is 9.88. The number of nitrogens with one attached hydrogen (secondary N) is 1. The zero-order valence-electron chi connectivity index (χ0n) is 36.5. The Morgan fingerprint density at radius 3 is 2.52 bits per heavy atom. The van der Waals surface area contributed by atoms with Gasteiger partial charge in [-0.25, -0.2) is 9.59 Å². The maximum atomic E-state index is 14.8. The lowest BCUT2D eigenvalue weighted by atomic mass is 9.55. The number of amides is 2. The minimum Gasteiger partial charge on any atom is -0.459 e. The van der Waals surface area contributed by atoms with E-state index in [0.717, 1.165) is 58.7 Å². The molecular weight excluding hydrogens is 834 g/mol. The molecule has 6 atom stereocenters. The van der Waals surface area contributed by atoms with Crippen molar-refractivity contribution < 1.29 is 43.6 Å². The van der Waals surface area contributed by atoms with E-state index in [2.05, 4.69) is 18.0 Å². The topological polar surface area (TPSA) is 148 Å². The number of fused-ring (bicyclic) bond motifs is 3. The number of hydrogen-bond donors (Lipinski definition) is 3. The molecule has 0 spiro atoms. The molecule has 4 aromatic rings. The van der Waals surface area contributed by atoms with Gasteiger partial charge in [-0.1, -0.05) is 103 Å². The summed E-state index contributed by atoms with van der Waals surface area (Å²) in [5.74, 6) is -1.49. The van der Waals surface area contributed by atoms with Crippen LogP contribution in [0.25, 0.3) is 10.8 Å². The lowest BCUT2D eigenvalue weighted by Crippen LogP contribution is -2.70. The zero-order valence-corrected chi connectivity index (χ0v) is 37.3. The van der Waals surface area contributed by atoms with Crippen molar-refractivity contribution in [1.29, 1.82) is 0 Å². The molecule has 13 heteroatoms. The van der Waals surface area contributed by atoms with E-state index in [0.29, 0.717) is 36.6 Å². The van der Waals surface area contributed by atoms with Gasteiger partial charge >= 0.3 is 12.2 Å². The van der Waals surface area contributed by atoms with E-state index < -0.39 is 29.9 Å². The molecule has 340 valence electrons. The van der Waals surface area contributed by atoms with Crippen LogP contribution in [0, 0.1) is 17.8 Å². The van der Waals surface area contributed by atoms with Gasteiger partial charge in [-0.2, -0.15) is 0 Å². The third-order valence-corrected chi connectivity index (χ3v) is 12.7. The number of carbonyl (C=O) groups excluding carboxylic acids is 2. The number of rotatable bonds is 21. The van der Waals surface area contributed by atoms with Crippen molar-refractivity contribution >= 4 is 40.3 Å². The largest absolute Gasteiger partial charge is 0.459 e. The van der Waals surface area contributed by atoms with Gasteiger partial charge in [0.05, 0.1) is 30.7 Å². The number of ether oxygens (including phenoxy) is 4. The van der Waals surface area contributed by atoms with Crippen LogP contribution in [0.4, 0.5) is 9.59 Å². The van der Waals surface area contributed by atoms with Crippen LogP contribution >= 0.6 is 11.6 Å². The minimum absolute atomic E-state index is 0.00820. The van der Waals surface area contributed by atoms with Gasteiger partial charge in [0.15, 0.2) is 0 Å². The summed E-state index contributed by atoms with van der Waals surface area (Å²) < 4.78 is 26.2. The number of oxime groups is 1. The summed E-state index contributed by atoms with van der Waals surface area (Å²) in [6.45, 7) is 6.83. The van der Waals surface area contributed by atoms with Crippen LogP contribution in [0.15, 0.2) is 120 Å². The Morgan fingerprint density at radius 1 is 0.984 bits per heavy atom. The van der Waals surface area contributed by atoms with E-state index in [1.807, 2.05) is 91.9 Å². The molecule has 2 amide bonds. The number of alkyl halides is 1. The number of aliphatic hydroxyl groups excluding tert-OH is 2. The molecule has 1 aliphatic heterocycles. The molecule has 6 unspecified atom stereocenters. The van der Waals surface area contributed by atoms with Crippen LogP contribution in [-0.2, 0) is 27.5 Å². The van der Waals surface area contributed by atoms with Gasteiger partial charge in [0.1, 0.15) is 30.8 Å². The van der Waals surface area contributed by atoms with E-state index >= 15 is 0 Å². The first kappa shape index (κ1) is 46.6. The molecule has 1 saturated carbocycles. The number of nitrogens with zero attached hydrogens (tertiary/aromatic N) is 2. The van der Waals surface area contributed by atoms with E-state index in [-0.39, 0.29) is 69.6 Å². The van der Waals surface area contributed by atoms with Crippen molar-refractivity contribution in [2.24, 2.45) is 22.9 Å². The number of allylic oxidation sites excluding steroid dienone is 1. The monoisotopic (exact) mass is 893 g/mol. The van der Waals surface area contributed by atoms with Crippen LogP contribution in [0.5, 0.6) is 11.5 Å². The van der Waals surface area contributed by atoms with Crippen molar-refractivity contribution in [3.63, 3.8) is 0 Å². The first-order chi connectivity index (χ1) is 31.3. The predicted octanol–water partition coefficient (Wildman–Crippen LogP) is 9.66. The smallest absolute Gasteiger partial charge is 0.412 e. The third-order valence-electron chi connectivity index (χ3n) is 12.6. The molecule has 12 nitrogen and oxygen atoms in total. The number of halogens is 1. The summed E-state index contributed by atoms with van der Waals surface area (Å²) in [6, 6.07) is 28.5. The van der Waals surface area contributed by atoms with Gasteiger partial charge in [0.25, 0.3) is 0 Å². The lowest BCUT2D eigenvalue weighted by Gasteiger charge is -2.59. The molecule has 3 aliphatic rings. The summed E-state index contributed by atoms with van der Waals surface area (Å²) in [5, 5.41) is 29.6. The Labute approximate surface area is 380 Å². The number of unbranched alkanes of at least 4 members (excludes halogenated alkanes) is 2. The fraction of sp³-hybridized carbons (Fsp3) is 0.431. The molecule has 0 radical (unpaired) electrons. The molecule has 1 heterocycles. The van der Waals surface area contributed by atoms with Crippen LogP contribution < -0.4 is 14.8 Å². The number of carbonyl (C=O) groups is 2.